The van der Waals surface area contributed by atoms with Gasteiger partial charge in [0.2, 0.25) is 9.70 Å². The van der Waals surface area contributed by atoms with E-state index in [1.165, 1.54) is 6.08 Å². The molecule has 1 aromatic carbocycles. The van der Waals surface area contributed by atoms with Crippen LogP contribution in [-0.4, -0.2) is 20.8 Å². The van der Waals surface area contributed by atoms with Gasteiger partial charge in [0.15, 0.2) is 0 Å². The summed E-state index contributed by atoms with van der Waals surface area (Å²) in [5, 5.41) is 5.54. The highest BCUT2D eigenvalue weighted by atomic mass is 35.6. The Labute approximate surface area is 149 Å². The maximum atomic E-state index is 12.0. The zero-order valence-corrected chi connectivity index (χ0v) is 14.2. The molecule has 0 aliphatic carbocycles. The molecule has 1 heterocycles. The molecule has 1 aromatic heterocycles. The third-order valence-electron chi connectivity index (χ3n) is 2.81. The van der Waals surface area contributed by atoms with Crippen LogP contribution in [0.15, 0.2) is 60.9 Å². The smallest absolute Gasteiger partial charge is 0.245 e. The Kier molecular flexibility index (Phi) is 6.28. The molecule has 1 atom stereocenters. The van der Waals surface area contributed by atoms with Crippen LogP contribution >= 0.6 is 34.8 Å². The van der Waals surface area contributed by atoms with E-state index in [1.54, 1.807) is 30.6 Å². The first-order valence-corrected chi connectivity index (χ1v) is 7.85. The monoisotopic (exact) mass is 369 g/mol. The third kappa shape index (κ3) is 6.10. The third-order valence-corrected chi connectivity index (χ3v) is 3.47. The van der Waals surface area contributed by atoms with E-state index in [2.05, 4.69) is 15.6 Å². The van der Waals surface area contributed by atoms with Crippen LogP contribution in [0.4, 0.5) is 5.69 Å². The number of carbonyl (C=O) groups is 1. The molecule has 4 nitrogen and oxygen atoms in total. The van der Waals surface area contributed by atoms with Crippen molar-refractivity contribution in [3.63, 3.8) is 0 Å². The van der Waals surface area contributed by atoms with Gasteiger partial charge in [-0.3, -0.25) is 9.78 Å². The fourth-order valence-electron chi connectivity index (χ4n) is 1.74. The lowest BCUT2D eigenvalue weighted by Crippen LogP contribution is -2.48. The van der Waals surface area contributed by atoms with Crippen LogP contribution in [0.1, 0.15) is 5.56 Å². The number of amides is 1. The van der Waals surface area contributed by atoms with Crippen molar-refractivity contribution in [2.45, 2.75) is 9.96 Å². The van der Waals surface area contributed by atoms with Crippen molar-refractivity contribution >= 4 is 52.5 Å². The molecule has 120 valence electrons. The van der Waals surface area contributed by atoms with Gasteiger partial charge in [0.25, 0.3) is 0 Å². The number of benzene rings is 1. The zero-order valence-electron chi connectivity index (χ0n) is 11.9. The second-order valence-corrected chi connectivity index (χ2v) is 6.98. The SMILES string of the molecule is O=C(/C=C/c1ccccc1)N[C@H](Nc1cccnc1)C(Cl)(Cl)Cl. The van der Waals surface area contributed by atoms with Gasteiger partial charge in [-0.2, -0.15) is 0 Å². The summed E-state index contributed by atoms with van der Waals surface area (Å²) in [5.74, 6) is -0.387. The number of anilines is 1. The summed E-state index contributed by atoms with van der Waals surface area (Å²) in [6.07, 6.45) is 5.33. The van der Waals surface area contributed by atoms with Crippen LogP contribution in [0.3, 0.4) is 0 Å². The lowest BCUT2D eigenvalue weighted by molar-refractivity contribution is -0.116. The minimum Gasteiger partial charge on any atom is -0.361 e. The predicted molar refractivity (Wildman–Crippen MR) is 95.6 cm³/mol. The van der Waals surface area contributed by atoms with Crippen LogP contribution in [0.2, 0.25) is 0 Å². The molecule has 2 rings (SSSR count). The van der Waals surface area contributed by atoms with Crippen LogP contribution in [0.25, 0.3) is 6.08 Å². The highest BCUT2D eigenvalue weighted by Gasteiger charge is 2.33. The number of rotatable bonds is 5. The first kappa shape index (κ1) is 17.6. The number of nitrogens with one attached hydrogen (secondary N) is 2. The first-order chi connectivity index (χ1) is 10.9. The number of carbonyl (C=O) groups excluding carboxylic acids is 1. The molecule has 1 amide bonds. The maximum absolute atomic E-state index is 12.0. The van der Waals surface area contributed by atoms with Crippen molar-refractivity contribution in [1.29, 1.82) is 0 Å². The Morgan fingerprint density at radius 3 is 2.48 bits per heavy atom. The van der Waals surface area contributed by atoms with Crippen molar-refractivity contribution in [3.05, 3.63) is 66.5 Å². The van der Waals surface area contributed by atoms with E-state index < -0.39 is 9.96 Å². The molecule has 2 aromatic rings. The summed E-state index contributed by atoms with van der Waals surface area (Å²) in [7, 11) is 0. The molecule has 0 fully saturated rings. The van der Waals surface area contributed by atoms with Gasteiger partial charge in [0, 0.05) is 18.5 Å². The van der Waals surface area contributed by atoms with Gasteiger partial charge in [0.05, 0.1) is 5.69 Å². The Morgan fingerprint density at radius 1 is 1.13 bits per heavy atom. The van der Waals surface area contributed by atoms with E-state index in [4.69, 9.17) is 34.8 Å². The van der Waals surface area contributed by atoms with E-state index in [0.29, 0.717) is 5.69 Å². The molecular weight excluding hydrogens is 357 g/mol. The predicted octanol–water partition coefficient (Wildman–Crippen LogP) is 4.02. The molecule has 0 aliphatic rings. The summed E-state index contributed by atoms with van der Waals surface area (Å²) in [6, 6.07) is 12.9. The Balaban J connectivity index is 2.03. The van der Waals surface area contributed by atoms with Gasteiger partial charge in [-0.1, -0.05) is 65.1 Å². The maximum Gasteiger partial charge on any atom is 0.245 e. The van der Waals surface area contributed by atoms with E-state index >= 15 is 0 Å². The fourth-order valence-corrected chi connectivity index (χ4v) is 2.07. The minimum absolute atomic E-state index is 0.387. The number of hydrogen-bond donors (Lipinski definition) is 2. The van der Waals surface area contributed by atoms with Crippen LogP contribution in [0, 0.1) is 0 Å². The molecule has 23 heavy (non-hydrogen) atoms. The van der Waals surface area contributed by atoms with Gasteiger partial charge >= 0.3 is 0 Å². The molecule has 2 N–H and O–H groups in total. The second-order valence-electron chi connectivity index (χ2n) is 4.61. The molecule has 0 aliphatic heterocycles. The van der Waals surface area contributed by atoms with Crippen LogP contribution < -0.4 is 10.6 Å². The molecular formula is C16H14Cl3N3O. The van der Waals surface area contributed by atoms with Crippen molar-refractivity contribution < 1.29 is 4.79 Å². The van der Waals surface area contributed by atoms with Gasteiger partial charge in [0.1, 0.15) is 6.17 Å². The summed E-state index contributed by atoms with van der Waals surface area (Å²) < 4.78 is -1.73. The van der Waals surface area contributed by atoms with Gasteiger partial charge in [-0.15, -0.1) is 0 Å². The second kappa shape index (κ2) is 8.20. The van der Waals surface area contributed by atoms with E-state index in [-0.39, 0.29) is 5.91 Å². The van der Waals surface area contributed by atoms with Gasteiger partial charge < -0.3 is 10.6 Å². The van der Waals surface area contributed by atoms with Crippen molar-refractivity contribution in [2.24, 2.45) is 0 Å². The number of pyridine rings is 1. The average Bonchev–Trinajstić information content (AvgIpc) is 2.53. The minimum atomic E-state index is -1.73. The number of aromatic nitrogens is 1. The molecule has 0 saturated carbocycles. The normalized spacial score (nSPS) is 12.8. The summed E-state index contributed by atoms with van der Waals surface area (Å²) in [4.78, 5) is 16.0. The van der Waals surface area contributed by atoms with Crippen LogP contribution in [0.5, 0.6) is 0 Å². The van der Waals surface area contributed by atoms with Crippen molar-refractivity contribution in [2.75, 3.05) is 5.32 Å². The summed E-state index contributed by atoms with van der Waals surface area (Å²) in [5.41, 5.74) is 1.52. The highest BCUT2D eigenvalue weighted by molar-refractivity contribution is 6.68. The van der Waals surface area contributed by atoms with Crippen molar-refractivity contribution in [1.82, 2.24) is 10.3 Å². The number of alkyl halides is 3. The number of hydrogen-bond acceptors (Lipinski definition) is 3. The van der Waals surface area contributed by atoms with Gasteiger partial charge in [-0.25, -0.2) is 0 Å². The Bertz CT molecular complexity index is 657. The summed E-state index contributed by atoms with van der Waals surface area (Å²) >= 11 is 17.8. The van der Waals surface area contributed by atoms with Crippen molar-refractivity contribution in [3.8, 4) is 0 Å². The van der Waals surface area contributed by atoms with Crippen LogP contribution in [-0.2, 0) is 4.79 Å². The lowest BCUT2D eigenvalue weighted by atomic mass is 10.2. The lowest BCUT2D eigenvalue weighted by Gasteiger charge is -2.26. The Hall–Kier alpha value is -1.75. The zero-order chi connectivity index (χ0) is 16.7. The molecule has 7 heteroatoms. The standard InChI is InChI=1S/C16H14Cl3N3O/c17-16(18,19)15(21-13-7-4-10-20-11-13)22-14(23)9-8-12-5-2-1-3-6-12/h1-11,15,21H,(H,22,23)/b9-8+/t15-/m0/s1. The molecule has 0 unspecified atom stereocenters. The first-order valence-electron chi connectivity index (χ1n) is 6.72. The fraction of sp³-hybridized carbons (Fsp3) is 0.125. The van der Waals surface area contributed by atoms with Gasteiger partial charge in [-0.05, 0) is 23.8 Å². The number of nitrogens with zero attached hydrogens (tertiary/aromatic N) is 1. The number of halogens is 3. The summed E-state index contributed by atoms with van der Waals surface area (Å²) in [6.45, 7) is 0. The quantitative estimate of drug-likeness (QED) is 0.475. The topological polar surface area (TPSA) is 54.0 Å². The molecule has 0 spiro atoms. The van der Waals surface area contributed by atoms with E-state index in [9.17, 15) is 4.79 Å². The molecule has 0 bridgehead atoms. The van der Waals surface area contributed by atoms with E-state index in [1.807, 2.05) is 30.3 Å². The van der Waals surface area contributed by atoms with E-state index in [0.717, 1.165) is 5.56 Å². The Morgan fingerprint density at radius 2 is 1.87 bits per heavy atom. The largest absolute Gasteiger partial charge is 0.361 e. The highest BCUT2D eigenvalue weighted by Crippen LogP contribution is 2.30. The molecule has 0 saturated heterocycles. The average molecular weight is 371 g/mol. The molecule has 0 radical (unpaired) electrons.